The Morgan fingerprint density at radius 3 is 2.36 bits per heavy atom. The van der Waals surface area contributed by atoms with Gasteiger partial charge >= 0.3 is 0 Å². The molecule has 2 aromatic carbocycles. The fraction of sp³-hybridized carbons (Fsp3) is 0.276. The van der Waals surface area contributed by atoms with Crippen LogP contribution in [0.2, 0.25) is 0 Å². The molecule has 6 nitrogen and oxygen atoms in total. The maximum atomic E-state index is 13.2. The lowest BCUT2D eigenvalue weighted by Crippen LogP contribution is -2.48. The zero-order valence-electron chi connectivity index (χ0n) is 20.4. The molecule has 0 N–H and O–H groups in total. The molecule has 1 aliphatic heterocycles. The second-order valence-electron chi connectivity index (χ2n) is 9.32. The number of benzene rings is 2. The van der Waals surface area contributed by atoms with E-state index in [1.165, 1.54) is 16.9 Å². The third kappa shape index (κ3) is 5.26. The molecule has 0 aliphatic carbocycles. The average molecular weight is 499 g/mol. The Balaban J connectivity index is 1.27. The summed E-state index contributed by atoms with van der Waals surface area (Å²) in [5.74, 6) is 0.385. The number of rotatable bonds is 7. The lowest BCUT2D eigenvalue weighted by Gasteiger charge is -2.40. The number of para-hydroxylation sites is 1. The zero-order chi connectivity index (χ0) is 24.9. The number of likely N-dealkylation sites (tertiary alicyclic amines) is 1. The van der Waals surface area contributed by atoms with Crippen LogP contribution < -0.4 is 0 Å². The van der Waals surface area contributed by atoms with Crippen molar-refractivity contribution in [2.75, 3.05) is 20.1 Å². The number of thiophene rings is 1. The van der Waals surface area contributed by atoms with Crippen molar-refractivity contribution >= 4 is 23.2 Å². The van der Waals surface area contributed by atoms with Crippen LogP contribution in [0.3, 0.4) is 0 Å². The summed E-state index contributed by atoms with van der Waals surface area (Å²) in [6.45, 7) is 1.34. The second-order valence-corrected chi connectivity index (χ2v) is 10.1. The Labute approximate surface area is 215 Å². The molecule has 2 amide bonds. The monoisotopic (exact) mass is 498 g/mol. The number of likely N-dealkylation sites (N-methyl/N-ethyl adjacent to an activating group) is 1. The van der Waals surface area contributed by atoms with Crippen LogP contribution in [0.1, 0.15) is 39.1 Å². The number of piperidine rings is 1. The van der Waals surface area contributed by atoms with Gasteiger partial charge in [0, 0.05) is 37.8 Å². The Kier molecular flexibility index (Phi) is 7.28. The van der Waals surface area contributed by atoms with Gasteiger partial charge in [0.2, 0.25) is 0 Å². The van der Waals surface area contributed by atoms with E-state index < -0.39 is 0 Å². The van der Waals surface area contributed by atoms with Gasteiger partial charge in [0.1, 0.15) is 0 Å². The molecule has 0 saturated carbocycles. The number of hydrogen-bond acceptors (Lipinski definition) is 4. The fourth-order valence-electron chi connectivity index (χ4n) is 5.04. The molecular formula is C29H30N4O2S. The van der Waals surface area contributed by atoms with Crippen LogP contribution in [0, 0.1) is 5.92 Å². The number of aromatic nitrogens is 2. The van der Waals surface area contributed by atoms with Crippen LogP contribution in [-0.4, -0.2) is 57.6 Å². The first-order chi connectivity index (χ1) is 17.6. The largest absolute Gasteiger partial charge is 0.339 e. The van der Waals surface area contributed by atoms with Gasteiger partial charge in [-0.3, -0.25) is 9.59 Å². The minimum atomic E-state index is 0.0120. The molecule has 4 aromatic rings. The van der Waals surface area contributed by atoms with Gasteiger partial charge in [-0.25, -0.2) is 4.68 Å². The van der Waals surface area contributed by atoms with Gasteiger partial charge in [-0.1, -0.05) is 48.5 Å². The topological polar surface area (TPSA) is 58.4 Å². The van der Waals surface area contributed by atoms with E-state index in [1.807, 2.05) is 82.2 Å². The van der Waals surface area contributed by atoms with Crippen LogP contribution in [0.4, 0.5) is 0 Å². The highest BCUT2D eigenvalue weighted by Gasteiger charge is 2.33. The number of hydrogen-bond donors (Lipinski definition) is 0. The molecule has 0 spiro atoms. The molecule has 5 rings (SSSR count). The summed E-state index contributed by atoms with van der Waals surface area (Å²) in [6, 6.07) is 22.1. The lowest BCUT2D eigenvalue weighted by molar-refractivity contribution is 0.0522. The van der Waals surface area contributed by atoms with Gasteiger partial charge in [-0.15, -0.1) is 0 Å². The molecule has 3 heterocycles. The molecule has 1 saturated heterocycles. The lowest BCUT2D eigenvalue weighted by atomic mass is 9.84. The van der Waals surface area contributed by atoms with E-state index >= 15 is 0 Å². The maximum Gasteiger partial charge on any atom is 0.257 e. The van der Waals surface area contributed by atoms with E-state index in [1.54, 1.807) is 17.1 Å². The number of carbonyl (C=O) groups excluding carboxylic acids is 2. The van der Waals surface area contributed by atoms with E-state index in [0.717, 1.165) is 30.5 Å². The summed E-state index contributed by atoms with van der Waals surface area (Å²) >= 11 is 1.54. The molecule has 1 fully saturated rings. The molecule has 0 radical (unpaired) electrons. The third-order valence-electron chi connectivity index (χ3n) is 7.09. The molecular weight excluding hydrogens is 468 g/mol. The van der Waals surface area contributed by atoms with Gasteiger partial charge in [-0.2, -0.15) is 16.4 Å². The van der Waals surface area contributed by atoms with Gasteiger partial charge in [0.05, 0.1) is 23.0 Å². The van der Waals surface area contributed by atoms with Crippen molar-refractivity contribution in [3.05, 3.63) is 107 Å². The fourth-order valence-corrected chi connectivity index (χ4v) is 5.67. The molecule has 1 atom stereocenters. The number of amides is 2. The molecule has 36 heavy (non-hydrogen) atoms. The zero-order valence-corrected chi connectivity index (χ0v) is 21.2. The first kappa shape index (κ1) is 24.0. The summed E-state index contributed by atoms with van der Waals surface area (Å²) in [4.78, 5) is 30.3. The molecule has 7 heteroatoms. The van der Waals surface area contributed by atoms with E-state index in [9.17, 15) is 9.59 Å². The van der Waals surface area contributed by atoms with Crippen LogP contribution in [0.5, 0.6) is 0 Å². The quantitative estimate of drug-likeness (QED) is 0.353. The smallest absolute Gasteiger partial charge is 0.257 e. The third-order valence-corrected chi connectivity index (χ3v) is 7.78. The van der Waals surface area contributed by atoms with Crippen LogP contribution in [0.15, 0.2) is 89.9 Å². The summed E-state index contributed by atoms with van der Waals surface area (Å²) < 4.78 is 1.74. The Bertz CT molecular complexity index is 1280. The van der Waals surface area contributed by atoms with Crippen LogP contribution >= 0.6 is 11.3 Å². The van der Waals surface area contributed by atoms with Crippen LogP contribution in [0.25, 0.3) is 5.69 Å². The van der Waals surface area contributed by atoms with E-state index in [4.69, 9.17) is 0 Å². The number of carbonyl (C=O) groups is 2. The van der Waals surface area contributed by atoms with Crippen molar-refractivity contribution in [2.45, 2.75) is 25.3 Å². The van der Waals surface area contributed by atoms with E-state index in [-0.39, 0.29) is 17.9 Å². The predicted octanol–water partition coefficient (Wildman–Crippen LogP) is 5.17. The standard InChI is InChI=1S/C29H30N4O2S/c1-31(28(34)24-14-17-36-21-24)27(18-22-8-4-2-5-9-22)23-12-15-32(16-13-23)29(35)25-19-30-33(20-25)26-10-6-3-7-11-26/h2-11,14,17,19-21,23,27H,12-13,15-16,18H2,1H3. The summed E-state index contributed by atoms with van der Waals surface area (Å²) in [7, 11) is 1.92. The molecule has 1 unspecified atom stereocenters. The van der Waals surface area contributed by atoms with Crippen molar-refractivity contribution in [3.8, 4) is 5.69 Å². The van der Waals surface area contributed by atoms with Crippen molar-refractivity contribution in [1.82, 2.24) is 19.6 Å². The highest BCUT2D eigenvalue weighted by atomic mass is 32.1. The highest BCUT2D eigenvalue weighted by molar-refractivity contribution is 7.08. The Hall–Kier alpha value is -3.71. The maximum absolute atomic E-state index is 13.2. The Morgan fingerprint density at radius 2 is 1.69 bits per heavy atom. The average Bonchev–Trinajstić information content (AvgIpc) is 3.65. The summed E-state index contributed by atoms with van der Waals surface area (Å²) in [5, 5.41) is 8.24. The van der Waals surface area contributed by atoms with Crippen molar-refractivity contribution in [3.63, 3.8) is 0 Å². The van der Waals surface area contributed by atoms with E-state index in [0.29, 0.717) is 24.6 Å². The first-order valence-corrected chi connectivity index (χ1v) is 13.3. The SMILES string of the molecule is CN(C(=O)c1ccsc1)C(Cc1ccccc1)C1CCN(C(=O)c2cnn(-c3ccccc3)c2)CC1. The van der Waals surface area contributed by atoms with Crippen molar-refractivity contribution in [2.24, 2.45) is 5.92 Å². The normalized spacial score (nSPS) is 15.0. The first-order valence-electron chi connectivity index (χ1n) is 12.3. The molecule has 184 valence electrons. The highest BCUT2D eigenvalue weighted by Crippen LogP contribution is 2.28. The van der Waals surface area contributed by atoms with Gasteiger partial charge in [0.15, 0.2) is 0 Å². The van der Waals surface area contributed by atoms with Crippen molar-refractivity contribution < 1.29 is 9.59 Å². The van der Waals surface area contributed by atoms with Crippen molar-refractivity contribution in [1.29, 1.82) is 0 Å². The van der Waals surface area contributed by atoms with Gasteiger partial charge in [-0.05, 0) is 54.3 Å². The number of nitrogens with zero attached hydrogens (tertiary/aromatic N) is 4. The van der Waals surface area contributed by atoms with Gasteiger partial charge < -0.3 is 9.80 Å². The minimum Gasteiger partial charge on any atom is -0.339 e. The van der Waals surface area contributed by atoms with Crippen LogP contribution in [-0.2, 0) is 6.42 Å². The molecule has 1 aliphatic rings. The van der Waals surface area contributed by atoms with E-state index in [2.05, 4.69) is 17.2 Å². The Morgan fingerprint density at radius 1 is 1.00 bits per heavy atom. The second kappa shape index (κ2) is 10.9. The molecule has 0 bridgehead atoms. The minimum absolute atomic E-state index is 0.0120. The molecule has 2 aromatic heterocycles. The summed E-state index contributed by atoms with van der Waals surface area (Å²) in [5.41, 5.74) is 3.49. The predicted molar refractivity (Wildman–Crippen MR) is 143 cm³/mol. The van der Waals surface area contributed by atoms with Gasteiger partial charge in [0.25, 0.3) is 11.8 Å². The summed E-state index contributed by atoms with van der Waals surface area (Å²) in [6.07, 6.45) is 5.96.